The van der Waals surface area contributed by atoms with Gasteiger partial charge in [0.2, 0.25) is 0 Å². The van der Waals surface area contributed by atoms with Gasteiger partial charge in [0.05, 0.1) is 0 Å². The summed E-state index contributed by atoms with van der Waals surface area (Å²) in [6, 6.07) is 10.2. The summed E-state index contributed by atoms with van der Waals surface area (Å²) in [6.07, 6.45) is 4.29. The van der Waals surface area contributed by atoms with Crippen molar-refractivity contribution in [2.75, 3.05) is 6.54 Å². The van der Waals surface area contributed by atoms with Crippen LogP contribution in [0.3, 0.4) is 0 Å². The molecule has 2 aliphatic rings. The lowest BCUT2D eigenvalue weighted by atomic mass is 9.96. The highest BCUT2D eigenvalue weighted by atomic mass is 16.7. The molecule has 0 N–H and O–H groups in total. The molecular weight excluding hydrogens is 308 g/mol. The highest BCUT2D eigenvalue weighted by molar-refractivity contribution is 6.01. The zero-order chi connectivity index (χ0) is 16.9. The summed E-state index contributed by atoms with van der Waals surface area (Å²) < 4.78 is 0. The number of aryl methyl sites for hydroxylation is 1. The van der Waals surface area contributed by atoms with E-state index in [0.29, 0.717) is 11.6 Å². The van der Waals surface area contributed by atoms with Gasteiger partial charge in [-0.25, -0.2) is 4.79 Å². The molecule has 0 saturated carbocycles. The van der Waals surface area contributed by atoms with Crippen molar-refractivity contribution >= 4 is 17.9 Å². The fourth-order valence-electron chi connectivity index (χ4n) is 3.31. The maximum absolute atomic E-state index is 12.4. The zero-order valence-corrected chi connectivity index (χ0v) is 13.6. The van der Waals surface area contributed by atoms with Crippen molar-refractivity contribution in [1.82, 2.24) is 9.96 Å². The Hall–Kier alpha value is -2.37. The second kappa shape index (κ2) is 7.47. The number of imide groups is 1. The highest BCUT2D eigenvalue weighted by Crippen LogP contribution is 2.23. The van der Waals surface area contributed by atoms with E-state index in [0.717, 1.165) is 32.1 Å². The van der Waals surface area contributed by atoms with Crippen LogP contribution >= 0.6 is 0 Å². The molecule has 6 heteroatoms. The molecule has 0 radical (unpaired) electrons. The van der Waals surface area contributed by atoms with E-state index >= 15 is 0 Å². The van der Waals surface area contributed by atoms with Crippen LogP contribution in [0, 0.1) is 0 Å². The normalized spacial score (nSPS) is 21.2. The third kappa shape index (κ3) is 3.75. The summed E-state index contributed by atoms with van der Waals surface area (Å²) in [4.78, 5) is 42.4. The fourth-order valence-corrected chi connectivity index (χ4v) is 3.31. The Morgan fingerprint density at radius 3 is 2.50 bits per heavy atom. The molecule has 1 aromatic rings. The molecule has 3 rings (SSSR count). The highest BCUT2D eigenvalue weighted by Gasteiger charge is 2.36. The minimum Gasteiger partial charge on any atom is -0.311 e. The van der Waals surface area contributed by atoms with E-state index in [1.165, 1.54) is 5.56 Å². The molecule has 128 valence electrons. The maximum Gasteiger partial charge on any atom is 0.435 e. The van der Waals surface area contributed by atoms with E-state index in [-0.39, 0.29) is 18.9 Å². The van der Waals surface area contributed by atoms with Gasteiger partial charge in [-0.1, -0.05) is 30.3 Å². The number of rotatable bonds is 4. The second-order valence-electron chi connectivity index (χ2n) is 6.31. The van der Waals surface area contributed by atoms with Gasteiger partial charge in [-0.15, -0.1) is 5.06 Å². The smallest absolute Gasteiger partial charge is 0.311 e. The van der Waals surface area contributed by atoms with Gasteiger partial charge < -0.3 is 9.74 Å². The average Bonchev–Trinajstić information content (AvgIpc) is 2.93. The molecule has 0 spiro atoms. The van der Waals surface area contributed by atoms with Gasteiger partial charge in [-0.2, -0.15) is 0 Å². The summed E-state index contributed by atoms with van der Waals surface area (Å²) in [7, 11) is 0. The third-order valence-corrected chi connectivity index (χ3v) is 4.65. The summed E-state index contributed by atoms with van der Waals surface area (Å²) >= 11 is 0. The SMILES string of the molecule is O=C1CCC(=O)N1OC(=O)N1CCCC[C@@H]1CCc1ccccc1. The van der Waals surface area contributed by atoms with Crippen LogP contribution in [0.25, 0.3) is 0 Å². The number of hydroxylamine groups is 2. The van der Waals surface area contributed by atoms with E-state index < -0.39 is 17.9 Å². The lowest BCUT2D eigenvalue weighted by Gasteiger charge is -2.35. The predicted molar refractivity (Wildman–Crippen MR) is 86.7 cm³/mol. The van der Waals surface area contributed by atoms with Crippen molar-refractivity contribution in [3.05, 3.63) is 35.9 Å². The Morgan fingerprint density at radius 1 is 1.08 bits per heavy atom. The van der Waals surface area contributed by atoms with Crippen LogP contribution in [0.5, 0.6) is 0 Å². The molecule has 0 unspecified atom stereocenters. The quantitative estimate of drug-likeness (QED) is 0.796. The van der Waals surface area contributed by atoms with E-state index in [2.05, 4.69) is 12.1 Å². The molecule has 2 aliphatic heterocycles. The van der Waals surface area contributed by atoms with Crippen molar-refractivity contribution in [2.45, 2.75) is 51.0 Å². The Kier molecular flexibility index (Phi) is 5.13. The Bertz CT molecular complexity index is 601. The first kappa shape index (κ1) is 16.5. The van der Waals surface area contributed by atoms with Crippen molar-refractivity contribution in [1.29, 1.82) is 0 Å². The van der Waals surface area contributed by atoms with Crippen molar-refractivity contribution in [2.24, 2.45) is 0 Å². The van der Waals surface area contributed by atoms with Crippen molar-refractivity contribution in [3.8, 4) is 0 Å². The number of hydrogen-bond donors (Lipinski definition) is 0. The molecule has 2 fully saturated rings. The minimum atomic E-state index is -0.587. The number of hydrogen-bond acceptors (Lipinski definition) is 4. The molecule has 24 heavy (non-hydrogen) atoms. The van der Waals surface area contributed by atoms with Gasteiger partial charge in [0.25, 0.3) is 11.8 Å². The van der Waals surface area contributed by atoms with Crippen LogP contribution in [0.4, 0.5) is 4.79 Å². The van der Waals surface area contributed by atoms with Gasteiger partial charge in [0.1, 0.15) is 0 Å². The first-order valence-electron chi connectivity index (χ1n) is 8.53. The molecule has 0 aliphatic carbocycles. The number of amides is 3. The molecule has 0 bridgehead atoms. The lowest BCUT2D eigenvalue weighted by Crippen LogP contribution is -2.47. The molecule has 2 saturated heterocycles. The topological polar surface area (TPSA) is 66.9 Å². The Labute approximate surface area is 141 Å². The van der Waals surface area contributed by atoms with Crippen molar-refractivity contribution < 1.29 is 19.2 Å². The van der Waals surface area contributed by atoms with Crippen LogP contribution in [0.2, 0.25) is 0 Å². The molecule has 0 aromatic heterocycles. The molecule has 2 heterocycles. The molecular formula is C18H22N2O4. The summed E-state index contributed by atoms with van der Waals surface area (Å²) in [5, 5.41) is 0.630. The van der Waals surface area contributed by atoms with E-state index in [4.69, 9.17) is 4.84 Å². The number of benzene rings is 1. The maximum atomic E-state index is 12.4. The van der Waals surface area contributed by atoms with Crippen molar-refractivity contribution in [3.63, 3.8) is 0 Å². The fraction of sp³-hybridized carbons (Fsp3) is 0.500. The number of likely N-dealkylation sites (tertiary alicyclic amines) is 1. The largest absolute Gasteiger partial charge is 0.435 e. The van der Waals surface area contributed by atoms with Crippen LogP contribution in [0.1, 0.15) is 44.1 Å². The molecule has 3 amide bonds. The first-order valence-corrected chi connectivity index (χ1v) is 8.53. The number of carbonyl (C=O) groups excluding carboxylic acids is 3. The van der Waals surface area contributed by atoms with Gasteiger partial charge >= 0.3 is 6.09 Å². The van der Waals surface area contributed by atoms with E-state index in [1.807, 2.05) is 18.2 Å². The summed E-state index contributed by atoms with van der Waals surface area (Å²) in [6.45, 7) is 0.606. The Morgan fingerprint density at radius 2 is 1.79 bits per heavy atom. The first-order chi connectivity index (χ1) is 11.6. The number of carbonyl (C=O) groups is 3. The van der Waals surface area contributed by atoms with Gasteiger partial charge in [-0.3, -0.25) is 9.59 Å². The van der Waals surface area contributed by atoms with E-state index in [1.54, 1.807) is 4.90 Å². The van der Waals surface area contributed by atoms with Crippen LogP contribution in [-0.2, 0) is 20.8 Å². The van der Waals surface area contributed by atoms with Gasteiger partial charge in [-0.05, 0) is 37.7 Å². The van der Waals surface area contributed by atoms with Crippen LogP contribution in [-0.4, -0.2) is 40.5 Å². The predicted octanol–water partition coefficient (Wildman–Crippen LogP) is 2.67. The summed E-state index contributed by atoms with van der Waals surface area (Å²) in [5.74, 6) is -0.877. The third-order valence-electron chi connectivity index (χ3n) is 4.65. The van der Waals surface area contributed by atoms with Gasteiger partial charge in [0, 0.05) is 25.4 Å². The monoisotopic (exact) mass is 330 g/mol. The number of nitrogens with zero attached hydrogens (tertiary/aromatic N) is 2. The van der Waals surface area contributed by atoms with Crippen LogP contribution < -0.4 is 0 Å². The second-order valence-corrected chi connectivity index (χ2v) is 6.31. The van der Waals surface area contributed by atoms with E-state index in [9.17, 15) is 14.4 Å². The average molecular weight is 330 g/mol. The van der Waals surface area contributed by atoms with Gasteiger partial charge in [0.15, 0.2) is 0 Å². The standard InChI is InChI=1S/C18H22N2O4/c21-16-11-12-17(22)20(16)24-18(23)19-13-5-4-8-15(19)10-9-14-6-2-1-3-7-14/h1-3,6-7,15H,4-5,8-13H2/t15-/m1/s1. The minimum absolute atomic E-state index is 0.0827. The number of piperidine rings is 1. The Balaban J connectivity index is 1.60. The zero-order valence-electron chi connectivity index (χ0n) is 13.6. The molecule has 6 nitrogen and oxygen atoms in total. The summed E-state index contributed by atoms with van der Waals surface area (Å²) in [5.41, 5.74) is 1.24. The lowest BCUT2D eigenvalue weighted by molar-refractivity contribution is -0.174. The van der Waals surface area contributed by atoms with Crippen LogP contribution in [0.15, 0.2) is 30.3 Å². The molecule has 1 aromatic carbocycles. The molecule has 1 atom stereocenters.